The van der Waals surface area contributed by atoms with Gasteiger partial charge in [0.15, 0.2) is 0 Å². The average molecular weight is 258 g/mol. The maximum atomic E-state index is 4.14. The van der Waals surface area contributed by atoms with Gasteiger partial charge in [-0.05, 0) is 31.5 Å². The first-order valence-corrected chi connectivity index (χ1v) is 6.98. The van der Waals surface area contributed by atoms with Crippen molar-refractivity contribution in [1.29, 1.82) is 0 Å². The van der Waals surface area contributed by atoms with Crippen molar-refractivity contribution in [1.82, 2.24) is 20.3 Å². The maximum absolute atomic E-state index is 4.14. The standard InChI is InChI=1S/C15H22N4/c1-4-9-19-15(11-17-18-19)14-8-6-7-13(10-14)12(3)16-5-2/h6-8,10-12,16H,4-5,9H2,1-3H3. The van der Waals surface area contributed by atoms with Crippen LogP contribution in [-0.2, 0) is 6.54 Å². The van der Waals surface area contributed by atoms with E-state index in [1.165, 1.54) is 11.1 Å². The normalized spacial score (nSPS) is 12.6. The van der Waals surface area contributed by atoms with Crippen LogP contribution in [0.25, 0.3) is 11.3 Å². The molecule has 1 unspecified atom stereocenters. The molecule has 1 heterocycles. The largest absolute Gasteiger partial charge is 0.310 e. The molecule has 4 nitrogen and oxygen atoms in total. The Labute approximate surface area is 114 Å². The third kappa shape index (κ3) is 3.20. The van der Waals surface area contributed by atoms with E-state index in [0.717, 1.165) is 25.2 Å². The summed E-state index contributed by atoms with van der Waals surface area (Å²) in [5.41, 5.74) is 3.57. The van der Waals surface area contributed by atoms with Crippen LogP contribution in [0.1, 0.15) is 38.8 Å². The summed E-state index contributed by atoms with van der Waals surface area (Å²) in [6.07, 6.45) is 2.90. The molecule has 0 fully saturated rings. The van der Waals surface area contributed by atoms with Crippen LogP contribution >= 0.6 is 0 Å². The molecule has 2 rings (SSSR count). The van der Waals surface area contributed by atoms with Gasteiger partial charge in [0.1, 0.15) is 0 Å². The first-order chi connectivity index (χ1) is 9.26. The predicted molar refractivity (Wildman–Crippen MR) is 77.8 cm³/mol. The summed E-state index contributed by atoms with van der Waals surface area (Å²) in [7, 11) is 0. The van der Waals surface area contributed by atoms with Crippen LogP contribution in [0.5, 0.6) is 0 Å². The van der Waals surface area contributed by atoms with Crippen LogP contribution in [-0.4, -0.2) is 21.5 Å². The van der Waals surface area contributed by atoms with Crippen LogP contribution in [0, 0.1) is 0 Å². The Morgan fingerprint density at radius 3 is 2.89 bits per heavy atom. The Hall–Kier alpha value is -1.68. The summed E-state index contributed by atoms with van der Waals surface area (Å²) in [4.78, 5) is 0. The quantitative estimate of drug-likeness (QED) is 0.866. The van der Waals surface area contributed by atoms with E-state index in [2.05, 4.69) is 60.7 Å². The fourth-order valence-electron chi connectivity index (χ4n) is 2.25. The zero-order valence-corrected chi connectivity index (χ0v) is 11.9. The molecule has 0 aliphatic heterocycles. The van der Waals surface area contributed by atoms with Gasteiger partial charge in [0.05, 0.1) is 11.9 Å². The molecule has 102 valence electrons. The van der Waals surface area contributed by atoms with Gasteiger partial charge < -0.3 is 5.32 Å². The van der Waals surface area contributed by atoms with Crippen LogP contribution < -0.4 is 5.32 Å². The summed E-state index contributed by atoms with van der Waals surface area (Å²) >= 11 is 0. The third-order valence-corrected chi connectivity index (χ3v) is 3.25. The zero-order chi connectivity index (χ0) is 13.7. The minimum absolute atomic E-state index is 0.362. The summed E-state index contributed by atoms with van der Waals surface area (Å²) < 4.78 is 1.97. The lowest BCUT2D eigenvalue weighted by Crippen LogP contribution is -2.17. The highest BCUT2D eigenvalue weighted by Gasteiger charge is 2.09. The zero-order valence-electron chi connectivity index (χ0n) is 11.9. The van der Waals surface area contributed by atoms with Crippen molar-refractivity contribution in [2.24, 2.45) is 0 Å². The van der Waals surface area contributed by atoms with Crippen LogP contribution in [0.15, 0.2) is 30.5 Å². The van der Waals surface area contributed by atoms with Crippen molar-refractivity contribution in [3.63, 3.8) is 0 Å². The number of nitrogens with one attached hydrogen (secondary N) is 1. The van der Waals surface area contributed by atoms with Gasteiger partial charge in [0.2, 0.25) is 0 Å². The second-order valence-corrected chi connectivity index (χ2v) is 4.75. The second kappa shape index (κ2) is 6.48. The van der Waals surface area contributed by atoms with E-state index in [9.17, 15) is 0 Å². The number of hydrogen-bond donors (Lipinski definition) is 1. The minimum Gasteiger partial charge on any atom is -0.310 e. The Morgan fingerprint density at radius 2 is 2.16 bits per heavy atom. The SMILES string of the molecule is CCCn1nncc1-c1cccc(C(C)NCC)c1. The highest BCUT2D eigenvalue weighted by molar-refractivity contribution is 5.59. The van der Waals surface area contributed by atoms with Gasteiger partial charge in [0.25, 0.3) is 0 Å². The van der Waals surface area contributed by atoms with E-state index in [4.69, 9.17) is 0 Å². The van der Waals surface area contributed by atoms with Crippen molar-refractivity contribution < 1.29 is 0 Å². The Bertz CT molecular complexity index is 518. The van der Waals surface area contributed by atoms with Gasteiger partial charge >= 0.3 is 0 Å². The molecule has 0 amide bonds. The van der Waals surface area contributed by atoms with Gasteiger partial charge in [-0.2, -0.15) is 0 Å². The molecule has 0 bridgehead atoms. The van der Waals surface area contributed by atoms with Gasteiger partial charge in [0, 0.05) is 18.2 Å². The van der Waals surface area contributed by atoms with Gasteiger partial charge in [-0.3, -0.25) is 0 Å². The lowest BCUT2D eigenvalue weighted by molar-refractivity contribution is 0.583. The monoisotopic (exact) mass is 258 g/mol. The smallest absolute Gasteiger partial charge is 0.0885 e. The third-order valence-electron chi connectivity index (χ3n) is 3.25. The van der Waals surface area contributed by atoms with E-state index in [1.807, 2.05) is 10.9 Å². The molecule has 0 saturated heterocycles. The molecule has 0 saturated carbocycles. The molecule has 0 spiro atoms. The van der Waals surface area contributed by atoms with Crippen molar-refractivity contribution in [3.05, 3.63) is 36.0 Å². The number of rotatable bonds is 6. The molecule has 1 aromatic carbocycles. The first kappa shape index (κ1) is 13.7. The van der Waals surface area contributed by atoms with Crippen LogP contribution in [0.4, 0.5) is 0 Å². The number of hydrogen-bond acceptors (Lipinski definition) is 3. The van der Waals surface area contributed by atoms with Crippen LogP contribution in [0.3, 0.4) is 0 Å². The summed E-state index contributed by atoms with van der Waals surface area (Å²) in [6, 6.07) is 8.96. The molecule has 19 heavy (non-hydrogen) atoms. The van der Waals surface area contributed by atoms with E-state index in [-0.39, 0.29) is 0 Å². The fourth-order valence-corrected chi connectivity index (χ4v) is 2.25. The van der Waals surface area contributed by atoms with Gasteiger partial charge in [-0.15, -0.1) is 5.10 Å². The number of aromatic nitrogens is 3. The fraction of sp³-hybridized carbons (Fsp3) is 0.467. The predicted octanol–water partition coefficient (Wildman–Crippen LogP) is 3.03. The van der Waals surface area contributed by atoms with Crippen LogP contribution in [0.2, 0.25) is 0 Å². The lowest BCUT2D eigenvalue weighted by atomic mass is 10.0. The molecular weight excluding hydrogens is 236 g/mol. The minimum atomic E-state index is 0.362. The molecule has 2 aromatic rings. The second-order valence-electron chi connectivity index (χ2n) is 4.75. The van der Waals surface area contributed by atoms with E-state index >= 15 is 0 Å². The maximum Gasteiger partial charge on any atom is 0.0885 e. The molecule has 4 heteroatoms. The summed E-state index contributed by atoms with van der Waals surface area (Å²) in [5, 5.41) is 11.6. The molecule has 0 radical (unpaired) electrons. The lowest BCUT2D eigenvalue weighted by Gasteiger charge is -2.14. The molecular formula is C15H22N4. The molecule has 1 atom stereocenters. The average Bonchev–Trinajstić information content (AvgIpc) is 2.88. The van der Waals surface area contributed by atoms with E-state index in [1.54, 1.807) is 0 Å². The van der Waals surface area contributed by atoms with E-state index in [0.29, 0.717) is 6.04 Å². The van der Waals surface area contributed by atoms with E-state index < -0.39 is 0 Å². The first-order valence-electron chi connectivity index (χ1n) is 6.98. The topological polar surface area (TPSA) is 42.7 Å². The number of aryl methyl sites for hydroxylation is 1. The van der Waals surface area contributed by atoms with Crippen molar-refractivity contribution in [3.8, 4) is 11.3 Å². The van der Waals surface area contributed by atoms with Crippen molar-refractivity contribution in [2.45, 2.75) is 39.8 Å². The highest BCUT2D eigenvalue weighted by atomic mass is 15.4. The number of benzene rings is 1. The molecule has 0 aliphatic carbocycles. The number of nitrogens with zero attached hydrogens (tertiary/aromatic N) is 3. The molecule has 0 aliphatic rings. The molecule has 1 N–H and O–H groups in total. The van der Waals surface area contributed by atoms with Gasteiger partial charge in [-0.25, -0.2) is 4.68 Å². The highest BCUT2D eigenvalue weighted by Crippen LogP contribution is 2.22. The molecule has 1 aromatic heterocycles. The summed E-state index contributed by atoms with van der Waals surface area (Å²) in [5.74, 6) is 0. The Morgan fingerprint density at radius 1 is 1.32 bits per heavy atom. The summed E-state index contributed by atoms with van der Waals surface area (Å²) in [6.45, 7) is 8.34. The Kier molecular flexibility index (Phi) is 4.68. The van der Waals surface area contributed by atoms with Crippen molar-refractivity contribution >= 4 is 0 Å². The van der Waals surface area contributed by atoms with Gasteiger partial charge in [-0.1, -0.05) is 37.3 Å². The Balaban J connectivity index is 2.29. The van der Waals surface area contributed by atoms with Crippen molar-refractivity contribution in [2.75, 3.05) is 6.54 Å².